The second kappa shape index (κ2) is 6.93. The van der Waals surface area contributed by atoms with Crippen LogP contribution in [0.2, 0.25) is 0 Å². The van der Waals surface area contributed by atoms with Crippen LogP contribution in [0.3, 0.4) is 0 Å². The zero-order valence-corrected chi connectivity index (χ0v) is 14.5. The highest BCUT2D eigenvalue weighted by Crippen LogP contribution is 2.13. The van der Waals surface area contributed by atoms with Gasteiger partial charge in [0.15, 0.2) is 4.80 Å². The summed E-state index contributed by atoms with van der Waals surface area (Å²) in [5.41, 5.74) is 0.807. The highest BCUT2D eigenvalue weighted by Gasteiger charge is 2.13. The van der Waals surface area contributed by atoms with Crippen molar-refractivity contribution in [3.63, 3.8) is 0 Å². The van der Waals surface area contributed by atoms with Crippen molar-refractivity contribution in [1.82, 2.24) is 4.57 Å². The predicted molar refractivity (Wildman–Crippen MR) is 100 cm³/mol. The Morgan fingerprint density at radius 1 is 1.08 bits per heavy atom. The van der Waals surface area contributed by atoms with E-state index in [1.165, 1.54) is 17.4 Å². The zero-order valence-electron chi connectivity index (χ0n) is 13.7. The Kier molecular flexibility index (Phi) is 4.33. The summed E-state index contributed by atoms with van der Waals surface area (Å²) >= 11 is 1.34. The first-order chi connectivity index (χ1) is 12.7. The van der Waals surface area contributed by atoms with E-state index in [0.717, 1.165) is 5.56 Å². The van der Waals surface area contributed by atoms with Crippen LogP contribution in [0.5, 0.6) is 0 Å². The number of benzene rings is 2. The number of aromatic nitrogens is 1. The molecule has 0 fully saturated rings. The normalized spacial score (nSPS) is 11.8. The van der Waals surface area contributed by atoms with E-state index in [0.29, 0.717) is 22.3 Å². The maximum absolute atomic E-state index is 12.5. The molecule has 0 N–H and O–H groups in total. The number of fused-ring (bicyclic) bond motifs is 1. The number of carbonyl (C=O) groups excluding carboxylic acids is 1. The van der Waals surface area contributed by atoms with Crippen LogP contribution in [0.25, 0.3) is 11.0 Å². The summed E-state index contributed by atoms with van der Waals surface area (Å²) in [5.74, 6) is -0.603. The largest absolute Gasteiger partial charge is 0.422 e. The van der Waals surface area contributed by atoms with Crippen LogP contribution in [0.1, 0.15) is 15.9 Å². The summed E-state index contributed by atoms with van der Waals surface area (Å²) in [6.07, 6.45) is 1.87. The second-order valence-electron chi connectivity index (χ2n) is 5.70. The highest BCUT2D eigenvalue weighted by atomic mass is 32.1. The quantitative estimate of drug-likeness (QED) is 0.524. The lowest BCUT2D eigenvalue weighted by atomic mass is 10.2. The Hall–Kier alpha value is -3.25. The minimum Gasteiger partial charge on any atom is -0.422 e. The Balaban J connectivity index is 1.71. The SMILES string of the molecule is O=C(N=c1sccn1Cc1ccccc1)c1cc2ccccc2oc1=O. The molecule has 0 saturated heterocycles. The van der Waals surface area contributed by atoms with Gasteiger partial charge in [-0.3, -0.25) is 4.79 Å². The molecule has 5 nitrogen and oxygen atoms in total. The summed E-state index contributed by atoms with van der Waals surface area (Å²) in [6.45, 7) is 0.600. The van der Waals surface area contributed by atoms with Crippen molar-refractivity contribution in [1.29, 1.82) is 0 Å². The number of hydrogen-bond acceptors (Lipinski definition) is 4. The van der Waals surface area contributed by atoms with Gasteiger partial charge in [-0.2, -0.15) is 4.99 Å². The van der Waals surface area contributed by atoms with Crippen molar-refractivity contribution in [3.8, 4) is 0 Å². The summed E-state index contributed by atoms with van der Waals surface area (Å²) < 4.78 is 7.09. The number of para-hydroxylation sites is 1. The number of carbonyl (C=O) groups is 1. The van der Waals surface area contributed by atoms with Gasteiger partial charge >= 0.3 is 5.63 Å². The molecule has 0 bridgehead atoms. The smallest absolute Gasteiger partial charge is 0.349 e. The molecular formula is C20H14N2O3S. The van der Waals surface area contributed by atoms with E-state index in [1.54, 1.807) is 18.2 Å². The van der Waals surface area contributed by atoms with E-state index in [2.05, 4.69) is 4.99 Å². The first kappa shape index (κ1) is 16.2. The van der Waals surface area contributed by atoms with Crippen LogP contribution in [-0.4, -0.2) is 10.5 Å². The van der Waals surface area contributed by atoms with Crippen LogP contribution >= 0.6 is 11.3 Å². The maximum atomic E-state index is 12.5. The fourth-order valence-corrected chi connectivity index (χ4v) is 3.37. The molecule has 0 aliphatic rings. The van der Waals surface area contributed by atoms with E-state index >= 15 is 0 Å². The molecule has 0 unspecified atom stereocenters. The van der Waals surface area contributed by atoms with Crippen LogP contribution < -0.4 is 10.4 Å². The summed E-state index contributed by atoms with van der Waals surface area (Å²) in [6, 6.07) is 18.5. The second-order valence-corrected chi connectivity index (χ2v) is 6.57. The molecule has 2 aromatic heterocycles. The topological polar surface area (TPSA) is 64.6 Å². The fraction of sp³-hybridized carbons (Fsp3) is 0.0500. The number of thiazole rings is 1. The lowest BCUT2D eigenvalue weighted by molar-refractivity contribution is 0.0994. The summed E-state index contributed by atoms with van der Waals surface area (Å²) in [5, 5.41) is 2.55. The molecular weight excluding hydrogens is 348 g/mol. The van der Waals surface area contributed by atoms with Crippen LogP contribution in [-0.2, 0) is 6.54 Å². The van der Waals surface area contributed by atoms with E-state index < -0.39 is 11.5 Å². The lowest BCUT2D eigenvalue weighted by Crippen LogP contribution is -2.19. The van der Waals surface area contributed by atoms with Gasteiger partial charge in [0, 0.05) is 23.5 Å². The molecule has 0 saturated carbocycles. The number of amides is 1. The zero-order chi connectivity index (χ0) is 17.9. The van der Waals surface area contributed by atoms with Gasteiger partial charge < -0.3 is 8.98 Å². The third-order valence-corrected chi connectivity index (χ3v) is 4.72. The third-order valence-electron chi connectivity index (χ3n) is 3.92. The van der Waals surface area contributed by atoms with E-state index in [9.17, 15) is 9.59 Å². The molecule has 0 aliphatic carbocycles. The Morgan fingerprint density at radius 3 is 2.69 bits per heavy atom. The van der Waals surface area contributed by atoms with Crippen molar-refractivity contribution in [2.45, 2.75) is 6.54 Å². The van der Waals surface area contributed by atoms with E-state index in [1.807, 2.05) is 52.5 Å². The average Bonchev–Trinajstić information content (AvgIpc) is 3.08. The molecule has 6 heteroatoms. The van der Waals surface area contributed by atoms with Crippen molar-refractivity contribution in [2.75, 3.05) is 0 Å². The van der Waals surface area contributed by atoms with Gasteiger partial charge in [0.25, 0.3) is 5.91 Å². The van der Waals surface area contributed by atoms with Gasteiger partial charge in [-0.1, -0.05) is 48.5 Å². The van der Waals surface area contributed by atoms with Crippen LogP contribution in [0.15, 0.2) is 86.4 Å². The molecule has 1 amide bonds. The monoisotopic (exact) mass is 362 g/mol. The predicted octanol–water partition coefficient (Wildman–Crippen LogP) is 3.45. The van der Waals surface area contributed by atoms with Crippen LogP contribution in [0, 0.1) is 0 Å². The summed E-state index contributed by atoms with van der Waals surface area (Å²) in [4.78, 5) is 29.3. The Bertz CT molecular complexity index is 1200. The van der Waals surface area contributed by atoms with Crippen molar-refractivity contribution in [2.24, 2.45) is 4.99 Å². The summed E-state index contributed by atoms with van der Waals surface area (Å²) in [7, 11) is 0. The van der Waals surface area contributed by atoms with E-state index in [4.69, 9.17) is 4.42 Å². The molecule has 0 atom stereocenters. The highest BCUT2D eigenvalue weighted by molar-refractivity contribution is 7.07. The third kappa shape index (κ3) is 3.27. The molecule has 0 aliphatic heterocycles. The molecule has 26 heavy (non-hydrogen) atoms. The van der Waals surface area contributed by atoms with Crippen molar-refractivity contribution in [3.05, 3.63) is 98.6 Å². The molecule has 4 rings (SSSR count). The molecule has 4 aromatic rings. The van der Waals surface area contributed by atoms with Gasteiger partial charge in [0.2, 0.25) is 0 Å². The molecule has 0 radical (unpaired) electrons. The van der Waals surface area contributed by atoms with Gasteiger partial charge in [-0.05, 0) is 17.7 Å². The van der Waals surface area contributed by atoms with Crippen LogP contribution in [0.4, 0.5) is 0 Å². The molecule has 0 spiro atoms. The molecule has 2 aromatic carbocycles. The Morgan fingerprint density at radius 2 is 1.85 bits per heavy atom. The van der Waals surface area contributed by atoms with Crippen molar-refractivity contribution < 1.29 is 9.21 Å². The Labute approximate surface area is 152 Å². The average molecular weight is 362 g/mol. The van der Waals surface area contributed by atoms with Gasteiger partial charge in [0.05, 0.1) is 0 Å². The molecule has 128 valence electrons. The first-order valence-corrected chi connectivity index (χ1v) is 8.88. The first-order valence-electron chi connectivity index (χ1n) is 8.00. The maximum Gasteiger partial charge on any atom is 0.349 e. The van der Waals surface area contributed by atoms with Crippen molar-refractivity contribution >= 4 is 28.2 Å². The minimum atomic E-state index is -0.677. The standard InChI is InChI=1S/C20H14N2O3S/c23-18(16-12-15-8-4-5-9-17(15)25-19(16)24)21-20-22(10-11-26-20)13-14-6-2-1-3-7-14/h1-12H,13H2. The number of hydrogen-bond donors (Lipinski definition) is 0. The molecule has 2 heterocycles. The van der Waals surface area contributed by atoms with E-state index in [-0.39, 0.29) is 5.56 Å². The lowest BCUT2D eigenvalue weighted by Gasteiger charge is -2.03. The number of rotatable bonds is 3. The fourth-order valence-electron chi connectivity index (χ4n) is 2.65. The van der Waals surface area contributed by atoms with Gasteiger partial charge in [-0.15, -0.1) is 11.3 Å². The van der Waals surface area contributed by atoms with Gasteiger partial charge in [0.1, 0.15) is 11.1 Å². The van der Waals surface area contributed by atoms with Gasteiger partial charge in [-0.25, -0.2) is 4.79 Å². The number of nitrogens with zero attached hydrogens (tertiary/aromatic N) is 2. The minimum absolute atomic E-state index is 0.0663.